The molecule has 0 spiro atoms. The highest BCUT2D eigenvalue weighted by Crippen LogP contribution is 2.44. The Labute approximate surface area is 209 Å². The van der Waals surface area contributed by atoms with E-state index in [1.165, 1.54) is 12.0 Å². The molecular weight excluding hydrogens is 466 g/mol. The zero-order chi connectivity index (χ0) is 25.3. The van der Waals surface area contributed by atoms with Gasteiger partial charge < -0.3 is 14.6 Å². The van der Waals surface area contributed by atoms with Gasteiger partial charge in [-0.2, -0.15) is 0 Å². The largest absolute Gasteiger partial charge is 0.507 e. The van der Waals surface area contributed by atoms with Crippen molar-refractivity contribution < 1.29 is 24.2 Å². The van der Waals surface area contributed by atoms with E-state index in [9.17, 15) is 14.7 Å². The number of methoxy groups -OCH3 is 1. The number of ketones is 1. The Hall–Kier alpha value is -3.77. The topological polar surface area (TPSA) is 76.1 Å². The first-order valence-electron chi connectivity index (χ1n) is 11.2. The van der Waals surface area contributed by atoms with Crippen LogP contribution in [0.5, 0.6) is 11.5 Å². The molecule has 7 heteroatoms. The van der Waals surface area contributed by atoms with Gasteiger partial charge in [0.05, 0.1) is 30.9 Å². The van der Waals surface area contributed by atoms with Crippen LogP contribution in [-0.2, 0) is 9.59 Å². The summed E-state index contributed by atoms with van der Waals surface area (Å²) in [7, 11) is 1.50. The first-order chi connectivity index (χ1) is 16.8. The van der Waals surface area contributed by atoms with Crippen LogP contribution < -0.4 is 14.4 Å². The lowest BCUT2D eigenvalue weighted by Crippen LogP contribution is -2.29. The molecule has 1 heterocycles. The fourth-order valence-electron chi connectivity index (χ4n) is 4.50. The van der Waals surface area contributed by atoms with Gasteiger partial charge in [-0.3, -0.25) is 14.5 Å². The molecule has 35 heavy (non-hydrogen) atoms. The molecule has 3 aromatic carbocycles. The zero-order valence-electron chi connectivity index (χ0n) is 20.0. The number of hydrogen-bond acceptors (Lipinski definition) is 5. The standard InChI is InChI=1S/C28H26ClNO5/c1-5-35-21-11-9-18(10-12-21)24-23(25(31)22-14-16(2)13-17(3)27(22)34-4)26(32)28(33)30(24)20-8-6-7-19(29)15-20/h6-15,24,31H,5H2,1-4H3/b25-23+. The van der Waals surface area contributed by atoms with Crippen molar-refractivity contribution in [2.45, 2.75) is 26.8 Å². The third kappa shape index (κ3) is 4.49. The summed E-state index contributed by atoms with van der Waals surface area (Å²) in [6.07, 6.45) is 0. The number of ether oxygens (including phenoxy) is 2. The maximum absolute atomic E-state index is 13.4. The van der Waals surface area contributed by atoms with Gasteiger partial charge in [0.25, 0.3) is 11.7 Å². The lowest BCUT2D eigenvalue weighted by atomic mass is 9.93. The van der Waals surface area contributed by atoms with Crippen LogP contribution in [0.15, 0.2) is 66.2 Å². The van der Waals surface area contributed by atoms with E-state index in [4.69, 9.17) is 21.1 Å². The highest BCUT2D eigenvalue weighted by atomic mass is 35.5. The molecule has 6 nitrogen and oxygen atoms in total. The van der Waals surface area contributed by atoms with Gasteiger partial charge in [-0.05, 0) is 73.9 Å². The van der Waals surface area contributed by atoms with Crippen molar-refractivity contribution in [3.63, 3.8) is 0 Å². The van der Waals surface area contributed by atoms with Gasteiger partial charge in [0.2, 0.25) is 0 Å². The number of rotatable bonds is 6. The van der Waals surface area contributed by atoms with Gasteiger partial charge >= 0.3 is 0 Å². The van der Waals surface area contributed by atoms with E-state index in [-0.39, 0.29) is 11.3 Å². The second-order valence-corrected chi connectivity index (χ2v) is 8.75. The van der Waals surface area contributed by atoms with Crippen LogP contribution in [0.3, 0.4) is 0 Å². The summed E-state index contributed by atoms with van der Waals surface area (Å²) in [5.74, 6) is -0.742. The molecule has 180 valence electrons. The average molecular weight is 492 g/mol. The summed E-state index contributed by atoms with van der Waals surface area (Å²) in [4.78, 5) is 28.1. The third-order valence-electron chi connectivity index (χ3n) is 5.92. The van der Waals surface area contributed by atoms with E-state index < -0.39 is 17.7 Å². The number of nitrogens with zero attached hydrogens (tertiary/aromatic N) is 1. The molecule has 0 aliphatic carbocycles. The predicted molar refractivity (Wildman–Crippen MR) is 136 cm³/mol. The number of aliphatic hydroxyl groups excluding tert-OH is 1. The predicted octanol–water partition coefficient (Wildman–Crippen LogP) is 5.99. The van der Waals surface area contributed by atoms with Crippen molar-refractivity contribution in [2.24, 2.45) is 0 Å². The number of anilines is 1. The van der Waals surface area contributed by atoms with E-state index in [0.717, 1.165) is 11.1 Å². The minimum absolute atomic E-state index is 0.0255. The van der Waals surface area contributed by atoms with Crippen LogP contribution in [0.2, 0.25) is 5.02 Å². The van der Waals surface area contributed by atoms with Crippen molar-refractivity contribution in [2.75, 3.05) is 18.6 Å². The van der Waals surface area contributed by atoms with Crippen molar-refractivity contribution >= 4 is 34.7 Å². The Morgan fingerprint density at radius 3 is 2.40 bits per heavy atom. The van der Waals surface area contributed by atoms with E-state index in [1.807, 2.05) is 26.8 Å². The Kier molecular flexibility index (Phi) is 6.85. The van der Waals surface area contributed by atoms with Gasteiger partial charge in [-0.25, -0.2) is 0 Å². The number of benzene rings is 3. The second-order valence-electron chi connectivity index (χ2n) is 8.31. The van der Waals surface area contributed by atoms with E-state index in [0.29, 0.717) is 39.9 Å². The maximum atomic E-state index is 13.4. The summed E-state index contributed by atoms with van der Waals surface area (Å²) >= 11 is 6.21. The monoisotopic (exact) mass is 491 g/mol. The molecule has 0 saturated carbocycles. The number of carbonyl (C=O) groups excluding carboxylic acids is 2. The minimum Gasteiger partial charge on any atom is -0.507 e. The molecule has 1 saturated heterocycles. The molecule has 1 unspecified atom stereocenters. The highest BCUT2D eigenvalue weighted by molar-refractivity contribution is 6.51. The second kappa shape index (κ2) is 9.84. The van der Waals surface area contributed by atoms with Gasteiger partial charge in [0, 0.05) is 10.7 Å². The molecule has 1 fully saturated rings. The van der Waals surface area contributed by atoms with Crippen LogP contribution >= 0.6 is 11.6 Å². The molecule has 0 aromatic heterocycles. The molecule has 3 aromatic rings. The Morgan fingerprint density at radius 2 is 1.77 bits per heavy atom. The summed E-state index contributed by atoms with van der Waals surface area (Å²) in [5, 5.41) is 11.9. The van der Waals surface area contributed by atoms with Crippen molar-refractivity contribution in [1.82, 2.24) is 0 Å². The zero-order valence-corrected chi connectivity index (χ0v) is 20.7. The Bertz CT molecular complexity index is 1330. The molecule has 1 amide bonds. The number of hydrogen-bond donors (Lipinski definition) is 1. The van der Waals surface area contributed by atoms with Crippen LogP contribution in [0.4, 0.5) is 5.69 Å². The van der Waals surface area contributed by atoms with Gasteiger partial charge in [0.15, 0.2) is 0 Å². The molecule has 0 bridgehead atoms. The highest BCUT2D eigenvalue weighted by Gasteiger charge is 2.47. The number of halogens is 1. The SMILES string of the molecule is CCOc1ccc(C2/C(=C(\O)c3cc(C)cc(C)c3OC)C(=O)C(=O)N2c2cccc(Cl)c2)cc1. The van der Waals surface area contributed by atoms with E-state index in [2.05, 4.69) is 0 Å². The van der Waals surface area contributed by atoms with Crippen molar-refractivity contribution in [1.29, 1.82) is 0 Å². The Morgan fingerprint density at radius 1 is 1.06 bits per heavy atom. The summed E-state index contributed by atoms with van der Waals surface area (Å²) < 4.78 is 11.1. The summed E-state index contributed by atoms with van der Waals surface area (Å²) in [6, 6.07) is 16.6. The van der Waals surface area contributed by atoms with Gasteiger partial charge in [-0.1, -0.05) is 35.9 Å². The molecule has 1 atom stereocenters. The number of carbonyl (C=O) groups is 2. The normalized spacial score (nSPS) is 17.1. The fourth-order valence-corrected chi connectivity index (χ4v) is 4.68. The van der Waals surface area contributed by atoms with Gasteiger partial charge in [0.1, 0.15) is 17.3 Å². The molecular formula is C28H26ClNO5. The van der Waals surface area contributed by atoms with E-state index in [1.54, 1.807) is 54.6 Å². The third-order valence-corrected chi connectivity index (χ3v) is 6.15. The van der Waals surface area contributed by atoms with Crippen molar-refractivity contribution in [3.05, 3.63) is 93.5 Å². The number of aliphatic hydroxyl groups is 1. The van der Waals surface area contributed by atoms with Crippen LogP contribution in [0, 0.1) is 13.8 Å². The number of aryl methyl sites for hydroxylation is 2. The smallest absolute Gasteiger partial charge is 0.300 e. The maximum Gasteiger partial charge on any atom is 0.300 e. The Balaban J connectivity index is 1.98. The first kappa shape index (κ1) is 24.4. The minimum atomic E-state index is -0.880. The van der Waals surface area contributed by atoms with E-state index >= 15 is 0 Å². The summed E-state index contributed by atoms with van der Waals surface area (Å²) in [6.45, 7) is 6.14. The molecule has 1 aliphatic heterocycles. The van der Waals surface area contributed by atoms with Gasteiger partial charge in [-0.15, -0.1) is 0 Å². The molecule has 0 radical (unpaired) electrons. The lowest BCUT2D eigenvalue weighted by molar-refractivity contribution is -0.132. The van der Waals surface area contributed by atoms with Crippen LogP contribution in [-0.4, -0.2) is 30.5 Å². The van der Waals surface area contributed by atoms with Crippen LogP contribution in [0.1, 0.15) is 35.2 Å². The average Bonchev–Trinajstić information content (AvgIpc) is 3.09. The molecule has 4 rings (SSSR count). The quantitative estimate of drug-likeness (QED) is 0.260. The first-order valence-corrected chi connectivity index (χ1v) is 11.6. The van der Waals surface area contributed by atoms with Crippen molar-refractivity contribution in [3.8, 4) is 11.5 Å². The van der Waals surface area contributed by atoms with Crippen LogP contribution in [0.25, 0.3) is 5.76 Å². The number of amides is 1. The summed E-state index contributed by atoms with van der Waals surface area (Å²) in [5.41, 5.74) is 3.09. The molecule has 1 N–H and O–H groups in total. The number of Topliss-reactive ketones (excluding diaryl/α,β-unsaturated/α-hetero) is 1. The lowest BCUT2D eigenvalue weighted by Gasteiger charge is -2.26. The molecule has 1 aliphatic rings. The fraction of sp³-hybridized carbons (Fsp3) is 0.214.